The van der Waals surface area contributed by atoms with Gasteiger partial charge in [-0.15, -0.1) is 0 Å². The van der Waals surface area contributed by atoms with E-state index in [1.165, 1.54) is 12.1 Å². The van der Waals surface area contributed by atoms with Gasteiger partial charge in [0.2, 0.25) is 15.9 Å². The highest BCUT2D eigenvalue weighted by atomic mass is 79.9. The number of sulfonamides is 1. The monoisotopic (exact) mass is 574 g/mol. The highest BCUT2D eigenvalue weighted by Gasteiger charge is 2.27. The summed E-state index contributed by atoms with van der Waals surface area (Å²) in [6, 6.07) is 16.1. The molecule has 3 aromatic carbocycles. The standard InChI is InChI=1S/C22H18BrCl3N2O3S/c1-14-2-6-17(11-20(14)25)27-22(29)13-28(12-15-3-9-19(24)21(26)10-15)32(30,31)18-7-4-16(23)5-8-18/h2-11H,12-13H2,1H3,(H,27,29). The third kappa shape index (κ3) is 6.25. The largest absolute Gasteiger partial charge is 0.325 e. The summed E-state index contributed by atoms with van der Waals surface area (Å²) in [6.45, 7) is 1.36. The number of amides is 1. The fraction of sp³-hybridized carbons (Fsp3) is 0.136. The third-order valence-electron chi connectivity index (χ3n) is 4.57. The van der Waals surface area contributed by atoms with Crippen LogP contribution in [0.3, 0.4) is 0 Å². The molecule has 168 valence electrons. The Morgan fingerprint density at radius 2 is 1.62 bits per heavy atom. The van der Waals surface area contributed by atoms with E-state index in [0.717, 1.165) is 14.3 Å². The fourth-order valence-electron chi connectivity index (χ4n) is 2.85. The van der Waals surface area contributed by atoms with Crippen molar-refractivity contribution in [2.24, 2.45) is 0 Å². The molecule has 0 radical (unpaired) electrons. The van der Waals surface area contributed by atoms with Crippen LogP contribution < -0.4 is 5.32 Å². The van der Waals surface area contributed by atoms with Gasteiger partial charge in [0.25, 0.3) is 0 Å². The first-order valence-electron chi connectivity index (χ1n) is 9.32. The molecule has 0 atom stereocenters. The quantitative estimate of drug-likeness (QED) is 0.347. The van der Waals surface area contributed by atoms with Crippen LogP contribution in [0, 0.1) is 6.92 Å². The minimum atomic E-state index is -3.99. The number of nitrogens with zero attached hydrogens (tertiary/aromatic N) is 1. The van der Waals surface area contributed by atoms with Crippen LogP contribution in [-0.4, -0.2) is 25.2 Å². The van der Waals surface area contributed by atoms with Gasteiger partial charge in [0.05, 0.1) is 21.5 Å². The van der Waals surface area contributed by atoms with Crippen molar-refractivity contribution in [2.45, 2.75) is 18.4 Å². The Kier molecular flexibility index (Phi) is 8.25. The number of halogens is 4. The number of carbonyl (C=O) groups is 1. The maximum Gasteiger partial charge on any atom is 0.243 e. The molecule has 0 saturated carbocycles. The molecule has 0 aromatic heterocycles. The zero-order valence-corrected chi connectivity index (χ0v) is 21.5. The van der Waals surface area contributed by atoms with Crippen LogP contribution in [0.25, 0.3) is 0 Å². The molecule has 0 bridgehead atoms. The van der Waals surface area contributed by atoms with Crippen molar-refractivity contribution in [1.29, 1.82) is 0 Å². The Labute approximate surface area is 210 Å². The number of hydrogen-bond acceptors (Lipinski definition) is 3. The molecule has 32 heavy (non-hydrogen) atoms. The van der Waals surface area contributed by atoms with E-state index in [2.05, 4.69) is 21.2 Å². The van der Waals surface area contributed by atoms with Gasteiger partial charge in [-0.2, -0.15) is 4.31 Å². The second kappa shape index (κ2) is 10.5. The van der Waals surface area contributed by atoms with E-state index in [-0.39, 0.29) is 11.4 Å². The average Bonchev–Trinajstić information content (AvgIpc) is 2.73. The molecule has 10 heteroatoms. The number of aryl methyl sites for hydroxylation is 1. The second-order valence-corrected chi connectivity index (χ2v) is 11.1. The van der Waals surface area contributed by atoms with Crippen LogP contribution in [0.1, 0.15) is 11.1 Å². The molecule has 0 saturated heterocycles. The Bertz CT molecular complexity index is 1250. The van der Waals surface area contributed by atoms with Crippen LogP contribution in [0.2, 0.25) is 15.1 Å². The fourth-order valence-corrected chi connectivity index (χ4v) is 5.00. The molecular weight excluding hydrogens is 559 g/mol. The van der Waals surface area contributed by atoms with Gasteiger partial charge in [-0.05, 0) is 66.6 Å². The van der Waals surface area contributed by atoms with E-state index in [9.17, 15) is 13.2 Å². The highest BCUT2D eigenvalue weighted by Crippen LogP contribution is 2.26. The SMILES string of the molecule is Cc1ccc(NC(=O)CN(Cc2ccc(Cl)c(Cl)c2)S(=O)(=O)c2ccc(Br)cc2)cc1Cl. The Hall–Kier alpha value is -1.61. The van der Waals surface area contributed by atoms with Gasteiger partial charge in [-0.3, -0.25) is 4.79 Å². The van der Waals surface area contributed by atoms with Crippen molar-refractivity contribution in [3.63, 3.8) is 0 Å². The minimum Gasteiger partial charge on any atom is -0.325 e. The Morgan fingerprint density at radius 1 is 0.938 bits per heavy atom. The molecule has 0 aliphatic heterocycles. The summed E-state index contributed by atoms with van der Waals surface area (Å²) in [7, 11) is -3.99. The van der Waals surface area contributed by atoms with Crippen molar-refractivity contribution in [3.8, 4) is 0 Å². The molecule has 5 nitrogen and oxygen atoms in total. The van der Waals surface area contributed by atoms with Gasteiger partial charge in [0.1, 0.15) is 0 Å². The molecule has 1 amide bonds. The molecular formula is C22H18BrCl3N2O3S. The Balaban J connectivity index is 1.89. The van der Waals surface area contributed by atoms with Crippen molar-refractivity contribution >= 4 is 72.4 Å². The smallest absolute Gasteiger partial charge is 0.243 e. The first-order valence-corrected chi connectivity index (χ1v) is 12.7. The van der Waals surface area contributed by atoms with Crippen LogP contribution in [0.15, 0.2) is 70.0 Å². The summed E-state index contributed by atoms with van der Waals surface area (Å²) >= 11 is 21.5. The van der Waals surface area contributed by atoms with E-state index >= 15 is 0 Å². The van der Waals surface area contributed by atoms with Crippen molar-refractivity contribution in [3.05, 3.63) is 91.3 Å². The number of benzene rings is 3. The lowest BCUT2D eigenvalue weighted by Gasteiger charge is -2.22. The van der Waals surface area contributed by atoms with Gasteiger partial charge >= 0.3 is 0 Å². The number of hydrogen-bond donors (Lipinski definition) is 1. The van der Waals surface area contributed by atoms with E-state index < -0.39 is 22.5 Å². The van der Waals surface area contributed by atoms with E-state index in [1.54, 1.807) is 48.5 Å². The summed E-state index contributed by atoms with van der Waals surface area (Å²) < 4.78 is 28.5. The maximum absolute atomic E-state index is 13.3. The molecule has 0 fully saturated rings. The first kappa shape index (κ1) is 25.0. The van der Waals surface area contributed by atoms with Gasteiger partial charge in [-0.25, -0.2) is 8.42 Å². The summed E-state index contributed by atoms with van der Waals surface area (Å²) in [5, 5.41) is 3.84. The maximum atomic E-state index is 13.3. The molecule has 0 spiro atoms. The predicted octanol–water partition coefficient (Wildman–Crippen LogP) is 6.55. The van der Waals surface area contributed by atoms with Gasteiger partial charge in [0, 0.05) is 21.7 Å². The van der Waals surface area contributed by atoms with E-state index in [0.29, 0.717) is 26.3 Å². The van der Waals surface area contributed by atoms with E-state index in [4.69, 9.17) is 34.8 Å². The number of carbonyl (C=O) groups excluding carboxylic acids is 1. The second-order valence-electron chi connectivity index (χ2n) is 6.99. The lowest BCUT2D eigenvalue weighted by Crippen LogP contribution is -2.37. The van der Waals surface area contributed by atoms with Gasteiger partial charge in [-0.1, -0.05) is 62.9 Å². The molecule has 0 aliphatic rings. The van der Waals surface area contributed by atoms with E-state index in [1.807, 2.05) is 6.92 Å². The minimum absolute atomic E-state index is 0.0620. The lowest BCUT2D eigenvalue weighted by molar-refractivity contribution is -0.116. The van der Waals surface area contributed by atoms with Crippen LogP contribution in [-0.2, 0) is 21.4 Å². The number of rotatable bonds is 7. The normalized spacial score (nSPS) is 11.6. The molecule has 3 aromatic rings. The lowest BCUT2D eigenvalue weighted by atomic mass is 10.2. The zero-order chi connectivity index (χ0) is 23.5. The van der Waals surface area contributed by atoms with Crippen LogP contribution in [0.5, 0.6) is 0 Å². The number of anilines is 1. The summed E-state index contributed by atoms with van der Waals surface area (Å²) in [4.78, 5) is 12.8. The highest BCUT2D eigenvalue weighted by molar-refractivity contribution is 9.10. The molecule has 0 aliphatic carbocycles. The van der Waals surface area contributed by atoms with Gasteiger partial charge in [0.15, 0.2) is 0 Å². The van der Waals surface area contributed by atoms with Crippen LogP contribution >= 0.6 is 50.7 Å². The predicted molar refractivity (Wildman–Crippen MR) is 133 cm³/mol. The topological polar surface area (TPSA) is 66.5 Å². The summed E-state index contributed by atoms with van der Waals surface area (Å²) in [5.74, 6) is -0.509. The Morgan fingerprint density at radius 3 is 2.25 bits per heavy atom. The molecule has 0 unspecified atom stereocenters. The molecule has 3 rings (SSSR count). The summed E-state index contributed by atoms with van der Waals surface area (Å²) in [6.07, 6.45) is 0. The average molecular weight is 577 g/mol. The first-order chi connectivity index (χ1) is 15.1. The number of nitrogens with one attached hydrogen (secondary N) is 1. The van der Waals surface area contributed by atoms with Gasteiger partial charge < -0.3 is 5.32 Å². The van der Waals surface area contributed by atoms with Crippen molar-refractivity contribution in [1.82, 2.24) is 4.31 Å². The van der Waals surface area contributed by atoms with Crippen molar-refractivity contribution in [2.75, 3.05) is 11.9 Å². The zero-order valence-electron chi connectivity index (χ0n) is 16.8. The summed E-state index contributed by atoms with van der Waals surface area (Å²) in [5.41, 5.74) is 1.93. The van der Waals surface area contributed by atoms with Crippen LogP contribution in [0.4, 0.5) is 5.69 Å². The third-order valence-corrected chi connectivity index (χ3v) is 8.05. The molecule has 0 heterocycles. The van der Waals surface area contributed by atoms with Crippen molar-refractivity contribution < 1.29 is 13.2 Å². The molecule has 1 N–H and O–H groups in total.